The zero-order chi connectivity index (χ0) is 15.9. The van der Waals surface area contributed by atoms with E-state index in [0.29, 0.717) is 11.7 Å². The van der Waals surface area contributed by atoms with Crippen molar-refractivity contribution in [3.8, 4) is 0 Å². The fourth-order valence-corrected chi connectivity index (χ4v) is 3.92. The molecule has 2 aromatic rings. The first kappa shape index (κ1) is 17.1. The number of rotatable bonds is 7. The van der Waals surface area contributed by atoms with Crippen LogP contribution in [0.1, 0.15) is 31.2 Å². The number of hydrogen-bond acceptors (Lipinski definition) is 3. The SMILES string of the molecule is CC(C)Sc1ccc(CC(=O)N[C@H](C)Cc2cccs2)cc1. The van der Waals surface area contributed by atoms with Crippen molar-refractivity contribution in [1.29, 1.82) is 0 Å². The van der Waals surface area contributed by atoms with Gasteiger partial charge in [-0.15, -0.1) is 23.1 Å². The summed E-state index contributed by atoms with van der Waals surface area (Å²) in [7, 11) is 0. The highest BCUT2D eigenvalue weighted by Crippen LogP contribution is 2.23. The van der Waals surface area contributed by atoms with Crippen molar-refractivity contribution in [2.75, 3.05) is 0 Å². The van der Waals surface area contributed by atoms with E-state index in [1.165, 1.54) is 9.77 Å². The first-order valence-corrected chi connectivity index (χ1v) is 9.36. The zero-order valence-electron chi connectivity index (χ0n) is 13.3. The Kier molecular flexibility index (Phi) is 6.52. The summed E-state index contributed by atoms with van der Waals surface area (Å²) in [6.45, 7) is 6.42. The van der Waals surface area contributed by atoms with E-state index in [1.54, 1.807) is 11.3 Å². The van der Waals surface area contributed by atoms with Gasteiger partial charge in [0.05, 0.1) is 6.42 Å². The molecule has 22 heavy (non-hydrogen) atoms. The topological polar surface area (TPSA) is 29.1 Å². The molecule has 0 saturated heterocycles. The summed E-state index contributed by atoms with van der Waals surface area (Å²) in [6.07, 6.45) is 1.34. The van der Waals surface area contributed by atoms with Gasteiger partial charge in [-0.1, -0.05) is 32.0 Å². The van der Waals surface area contributed by atoms with Crippen molar-refractivity contribution in [3.05, 3.63) is 52.2 Å². The second-order valence-electron chi connectivity index (χ2n) is 5.74. The molecule has 0 aliphatic heterocycles. The van der Waals surface area contributed by atoms with Crippen LogP contribution in [0.15, 0.2) is 46.7 Å². The van der Waals surface area contributed by atoms with Crippen LogP contribution in [-0.2, 0) is 17.6 Å². The van der Waals surface area contributed by atoms with E-state index >= 15 is 0 Å². The Balaban J connectivity index is 1.81. The Morgan fingerprint density at radius 3 is 2.50 bits per heavy atom. The lowest BCUT2D eigenvalue weighted by Crippen LogP contribution is -2.34. The Morgan fingerprint density at radius 2 is 1.91 bits per heavy atom. The lowest BCUT2D eigenvalue weighted by atomic mass is 10.1. The number of thioether (sulfide) groups is 1. The molecule has 1 atom stereocenters. The van der Waals surface area contributed by atoms with Gasteiger partial charge in [-0.3, -0.25) is 4.79 Å². The molecule has 0 spiro atoms. The summed E-state index contributed by atoms with van der Waals surface area (Å²) in [4.78, 5) is 14.7. The maximum atomic E-state index is 12.1. The summed E-state index contributed by atoms with van der Waals surface area (Å²) >= 11 is 3.57. The third kappa shape index (κ3) is 5.85. The van der Waals surface area contributed by atoms with Crippen LogP contribution in [0.5, 0.6) is 0 Å². The maximum Gasteiger partial charge on any atom is 0.224 e. The van der Waals surface area contributed by atoms with Crippen molar-refractivity contribution >= 4 is 29.0 Å². The molecule has 0 saturated carbocycles. The average molecular weight is 334 g/mol. The summed E-state index contributed by atoms with van der Waals surface area (Å²) in [6, 6.07) is 12.6. The number of thiophene rings is 1. The molecule has 1 N–H and O–H groups in total. The minimum absolute atomic E-state index is 0.0910. The molecule has 1 heterocycles. The van der Waals surface area contributed by atoms with E-state index in [4.69, 9.17) is 0 Å². The third-order valence-corrected chi connectivity index (χ3v) is 5.07. The van der Waals surface area contributed by atoms with E-state index in [1.807, 2.05) is 30.0 Å². The van der Waals surface area contributed by atoms with Crippen LogP contribution in [0.4, 0.5) is 0 Å². The number of nitrogens with one attached hydrogen (secondary N) is 1. The first-order valence-electron chi connectivity index (χ1n) is 7.60. The molecular formula is C18H23NOS2. The van der Waals surface area contributed by atoms with Gasteiger partial charge in [-0.25, -0.2) is 0 Å². The van der Waals surface area contributed by atoms with E-state index in [0.717, 1.165) is 12.0 Å². The van der Waals surface area contributed by atoms with Gasteiger partial charge in [0.1, 0.15) is 0 Å². The van der Waals surface area contributed by atoms with Gasteiger partial charge in [0.25, 0.3) is 0 Å². The highest BCUT2D eigenvalue weighted by Gasteiger charge is 2.09. The lowest BCUT2D eigenvalue weighted by molar-refractivity contribution is -0.121. The molecule has 0 aliphatic carbocycles. The summed E-state index contributed by atoms with van der Waals surface area (Å²) in [5.41, 5.74) is 1.06. The molecule has 2 nitrogen and oxygen atoms in total. The minimum Gasteiger partial charge on any atom is -0.353 e. The van der Waals surface area contributed by atoms with Gasteiger partial charge < -0.3 is 5.32 Å². The third-order valence-electron chi connectivity index (χ3n) is 3.15. The molecule has 0 unspecified atom stereocenters. The van der Waals surface area contributed by atoms with E-state index in [2.05, 4.69) is 49.7 Å². The van der Waals surface area contributed by atoms with Crippen LogP contribution in [0.25, 0.3) is 0 Å². The van der Waals surface area contributed by atoms with Crippen molar-refractivity contribution in [3.63, 3.8) is 0 Å². The molecule has 0 fully saturated rings. The van der Waals surface area contributed by atoms with Crippen LogP contribution >= 0.6 is 23.1 Å². The molecule has 118 valence electrons. The van der Waals surface area contributed by atoms with Crippen LogP contribution in [0.3, 0.4) is 0 Å². The molecule has 1 aromatic carbocycles. The molecule has 0 bridgehead atoms. The van der Waals surface area contributed by atoms with Gasteiger partial charge in [0.2, 0.25) is 5.91 Å². The van der Waals surface area contributed by atoms with Gasteiger partial charge in [-0.05, 0) is 36.1 Å². The Hall–Kier alpha value is -1.26. The highest BCUT2D eigenvalue weighted by atomic mass is 32.2. The molecule has 2 rings (SSSR count). The number of benzene rings is 1. The predicted molar refractivity (Wildman–Crippen MR) is 96.8 cm³/mol. The molecule has 1 aromatic heterocycles. The quantitative estimate of drug-likeness (QED) is 0.754. The van der Waals surface area contributed by atoms with Crippen LogP contribution < -0.4 is 5.32 Å². The maximum absolute atomic E-state index is 12.1. The Bertz CT molecular complexity index is 576. The van der Waals surface area contributed by atoms with Crippen LogP contribution in [-0.4, -0.2) is 17.2 Å². The van der Waals surface area contributed by atoms with Crippen molar-refractivity contribution in [1.82, 2.24) is 5.32 Å². The zero-order valence-corrected chi connectivity index (χ0v) is 15.0. The van der Waals surface area contributed by atoms with Gasteiger partial charge in [0, 0.05) is 27.5 Å². The largest absolute Gasteiger partial charge is 0.353 e. The summed E-state index contributed by atoms with van der Waals surface area (Å²) in [5, 5.41) is 5.72. The average Bonchev–Trinajstić information content (AvgIpc) is 2.93. The summed E-state index contributed by atoms with van der Waals surface area (Å²) in [5.74, 6) is 0.0910. The Morgan fingerprint density at radius 1 is 1.18 bits per heavy atom. The lowest BCUT2D eigenvalue weighted by Gasteiger charge is -2.13. The van der Waals surface area contributed by atoms with Crippen molar-refractivity contribution in [2.24, 2.45) is 0 Å². The molecular weight excluding hydrogens is 310 g/mol. The standard InChI is InChI=1S/C18H23NOS2/c1-13(2)22-16-8-6-15(7-9-16)12-18(20)19-14(3)11-17-5-4-10-21-17/h4-10,13-14H,11-12H2,1-3H3,(H,19,20)/t14-/m1/s1. The highest BCUT2D eigenvalue weighted by molar-refractivity contribution is 7.99. The van der Waals surface area contributed by atoms with E-state index < -0.39 is 0 Å². The number of carbonyl (C=O) groups is 1. The smallest absolute Gasteiger partial charge is 0.224 e. The molecule has 0 aliphatic rings. The summed E-state index contributed by atoms with van der Waals surface area (Å²) < 4.78 is 0. The second-order valence-corrected chi connectivity index (χ2v) is 8.42. The minimum atomic E-state index is 0.0910. The molecule has 0 radical (unpaired) electrons. The molecule has 1 amide bonds. The fraction of sp³-hybridized carbons (Fsp3) is 0.389. The monoisotopic (exact) mass is 333 g/mol. The number of hydrogen-bond donors (Lipinski definition) is 1. The van der Waals surface area contributed by atoms with E-state index in [-0.39, 0.29) is 11.9 Å². The second kappa shape index (κ2) is 8.39. The van der Waals surface area contributed by atoms with Gasteiger partial charge in [0.15, 0.2) is 0 Å². The van der Waals surface area contributed by atoms with Crippen molar-refractivity contribution < 1.29 is 4.79 Å². The Labute approximate surface area is 141 Å². The van der Waals surface area contributed by atoms with Gasteiger partial charge in [-0.2, -0.15) is 0 Å². The predicted octanol–water partition coefficient (Wildman–Crippen LogP) is 4.54. The number of carbonyl (C=O) groups excluding carboxylic acids is 1. The van der Waals surface area contributed by atoms with Crippen LogP contribution in [0.2, 0.25) is 0 Å². The van der Waals surface area contributed by atoms with E-state index in [9.17, 15) is 4.79 Å². The first-order chi connectivity index (χ1) is 10.5. The van der Waals surface area contributed by atoms with Gasteiger partial charge >= 0.3 is 0 Å². The molecule has 4 heteroatoms. The fourth-order valence-electron chi connectivity index (χ4n) is 2.25. The van der Waals surface area contributed by atoms with Crippen LogP contribution in [0, 0.1) is 0 Å². The number of amides is 1. The normalized spacial score (nSPS) is 12.4. The van der Waals surface area contributed by atoms with Crippen molar-refractivity contribution in [2.45, 2.75) is 49.8 Å².